The second-order valence-corrected chi connectivity index (χ2v) is 6.38. The number of amides is 1. The van der Waals surface area contributed by atoms with E-state index >= 15 is 0 Å². The van der Waals surface area contributed by atoms with E-state index in [0.29, 0.717) is 22.3 Å². The van der Waals surface area contributed by atoms with Gasteiger partial charge in [-0.25, -0.2) is 9.97 Å². The monoisotopic (exact) mass is 349 g/mol. The quantitative estimate of drug-likeness (QED) is 0.878. The van der Waals surface area contributed by atoms with Crippen LogP contribution in [0.1, 0.15) is 41.0 Å². The number of ether oxygens (including phenoxy) is 2. The molecule has 2 aromatic heterocycles. The van der Waals surface area contributed by atoms with Crippen molar-refractivity contribution in [3.63, 3.8) is 0 Å². The molecule has 1 saturated carbocycles. The molecule has 9 heteroatoms. The molecule has 0 unspecified atom stereocenters. The second kappa shape index (κ2) is 7.52. The Morgan fingerprint density at radius 3 is 2.54 bits per heavy atom. The Labute approximate surface area is 143 Å². The highest BCUT2D eigenvalue weighted by Gasteiger charge is 2.26. The zero-order valence-electron chi connectivity index (χ0n) is 13.6. The van der Waals surface area contributed by atoms with Crippen molar-refractivity contribution in [3.05, 3.63) is 23.0 Å². The van der Waals surface area contributed by atoms with Crippen molar-refractivity contribution >= 4 is 17.4 Å². The van der Waals surface area contributed by atoms with Crippen LogP contribution in [0.3, 0.4) is 0 Å². The van der Waals surface area contributed by atoms with E-state index in [9.17, 15) is 4.79 Å². The summed E-state index contributed by atoms with van der Waals surface area (Å²) < 4.78 is 14.8. The molecule has 1 N–H and O–H groups in total. The minimum Gasteiger partial charge on any atom is -0.477 e. The lowest BCUT2D eigenvalue weighted by atomic mass is 9.93. The van der Waals surface area contributed by atoms with Crippen molar-refractivity contribution in [2.75, 3.05) is 7.11 Å². The molecule has 0 saturated heterocycles. The molecule has 0 atom stereocenters. The predicted molar refractivity (Wildman–Crippen MR) is 87.4 cm³/mol. The van der Waals surface area contributed by atoms with Crippen LogP contribution in [0.5, 0.6) is 11.8 Å². The van der Waals surface area contributed by atoms with Gasteiger partial charge in [0.1, 0.15) is 11.0 Å². The molecule has 2 heterocycles. The third-order valence-corrected chi connectivity index (χ3v) is 4.80. The maximum absolute atomic E-state index is 12.2. The van der Waals surface area contributed by atoms with Crippen molar-refractivity contribution in [1.29, 1.82) is 0 Å². The lowest BCUT2D eigenvalue weighted by Gasteiger charge is -2.29. The summed E-state index contributed by atoms with van der Waals surface area (Å²) in [5, 5.41) is 6.92. The minimum atomic E-state index is -0.0949. The number of aromatic nitrogens is 4. The average Bonchev–Trinajstić information content (AvgIpc) is 3.03. The number of aryl methyl sites for hydroxylation is 1. The first-order chi connectivity index (χ1) is 11.7. The average molecular weight is 349 g/mol. The molecular formula is C15H19N5O3S. The summed E-state index contributed by atoms with van der Waals surface area (Å²) in [6, 6.07) is 0.141. The summed E-state index contributed by atoms with van der Waals surface area (Å²) >= 11 is 1.13. The van der Waals surface area contributed by atoms with E-state index in [1.807, 2.05) is 0 Å². The van der Waals surface area contributed by atoms with Gasteiger partial charge in [-0.15, -0.1) is 5.10 Å². The number of hydrogen-bond donors (Lipinski definition) is 1. The highest BCUT2D eigenvalue weighted by molar-refractivity contribution is 7.08. The first kappa shape index (κ1) is 16.6. The zero-order chi connectivity index (χ0) is 16.9. The van der Waals surface area contributed by atoms with Gasteiger partial charge in [-0.3, -0.25) is 4.79 Å². The van der Waals surface area contributed by atoms with E-state index in [0.717, 1.165) is 37.2 Å². The number of nitrogens with zero attached hydrogens (tertiary/aromatic N) is 4. The third-order valence-electron chi connectivity index (χ3n) is 3.97. The number of methoxy groups -OCH3 is 1. The van der Waals surface area contributed by atoms with E-state index in [1.54, 1.807) is 26.4 Å². The summed E-state index contributed by atoms with van der Waals surface area (Å²) in [4.78, 5) is 21.0. The van der Waals surface area contributed by atoms with Gasteiger partial charge >= 0.3 is 0 Å². The highest BCUT2D eigenvalue weighted by atomic mass is 32.1. The van der Waals surface area contributed by atoms with E-state index in [1.165, 1.54) is 0 Å². The molecule has 1 aliphatic rings. The first-order valence-corrected chi connectivity index (χ1v) is 8.56. The fourth-order valence-corrected chi connectivity index (χ4v) is 3.27. The molecule has 0 spiro atoms. The van der Waals surface area contributed by atoms with Crippen molar-refractivity contribution in [2.24, 2.45) is 0 Å². The summed E-state index contributed by atoms with van der Waals surface area (Å²) in [7, 11) is 1.54. The van der Waals surface area contributed by atoms with Gasteiger partial charge in [0.2, 0.25) is 0 Å². The number of carbonyl (C=O) groups excluding carboxylic acids is 1. The van der Waals surface area contributed by atoms with Crippen LogP contribution in [0.4, 0.5) is 0 Å². The Hall–Kier alpha value is -2.29. The van der Waals surface area contributed by atoms with Crippen LogP contribution in [0.2, 0.25) is 0 Å². The standard InChI is InChI=1S/C15H19N5O3S/c1-9-12(24-20-19-9)13(21)18-10-3-5-11(6-4-10)23-15-14(22-2)16-7-8-17-15/h7-8,10-11H,3-6H2,1-2H3,(H,18,21). The number of rotatable bonds is 5. The van der Waals surface area contributed by atoms with Crippen LogP contribution in [-0.4, -0.2) is 44.7 Å². The van der Waals surface area contributed by atoms with Crippen molar-refractivity contribution < 1.29 is 14.3 Å². The lowest BCUT2D eigenvalue weighted by molar-refractivity contribution is 0.0889. The number of nitrogens with one attached hydrogen (secondary N) is 1. The van der Waals surface area contributed by atoms with E-state index in [2.05, 4.69) is 24.9 Å². The largest absolute Gasteiger partial charge is 0.477 e. The molecule has 1 fully saturated rings. The van der Waals surface area contributed by atoms with Gasteiger partial charge in [0.25, 0.3) is 17.7 Å². The SMILES string of the molecule is COc1nccnc1OC1CCC(NC(=O)c2snnc2C)CC1. The Kier molecular flexibility index (Phi) is 5.19. The molecule has 1 amide bonds. The molecule has 3 rings (SSSR count). The predicted octanol–water partition coefficient (Wildman–Crippen LogP) is 1.77. The van der Waals surface area contributed by atoms with E-state index in [-0.39, 0.29) is 18.1 Å². The van der Waals surface area contributed by atoms with Gasteiger partial charge in [0.05, 0.1) is 12.8 Å². The van der Waals surface area contributed by atoms with Crippen molar-refractivity contribution in [3.8, 4) is 11.8 Å². The molecule has 1 aliphatic carbocycles. The third kappa shape index (κ3) is 3.78. The van der Waals surface area contributed by atoms with E-state index in [4.69, 9.17) is 9.47 Å². The topological polar surface area (TPSA) is 99.1 Å². The highest BCUT2D eigenvalue weighted by Crippen LogP contribution is 2.27. The fourth-order valence-electron chi connectivity index (χ4n) is 2.71. The Balaban J connectivity index is 1.51. The summed E-state index contributed by atoms with van der Waals surface area (Å²) in [5.74, 6) is 0.711. The maximum Gasteiger partial charge on any atom is 0.278 e. The molecule has 2 aromatic rings. The van der Waals surface area contributed by atoms with Crippen LogP contribution in [0, 0.1) is 6.92 Å². The zero-order valence-corrected chi connectivity index (χ0v) is 14.4. The van der Waals surface area contributed by atoms with Crippen LogP contribution < -0.4 is 14.8 Å². The van der Waals surface area contributed by atoms with Crippen molar-refractivity contribution in [1.82, 2.24) is 24.9 Å². The van der Waals surface area contributed by atoms with Crippen LogP contribution in [-0.2, 0) is 0 Å². The molecule has 24 heavy (non-hydrogen) atoms. The Bertz CT molecular complexity index is 700. The second-order valence-electron chi connectivity index (χ2n) is 5.62. The van der Waals surface area contributed by atoms with Crippen LogP contribution >= 0.6 is 11.5 Å². The smallest absolute Gasteiger partial charge is 0.278 e. The van der Waals surface area contributed by atoms with Gasteiger partial charge < -0.3 is 14.8 Å². The lowest BCUT2D eigenvalue weighted by Crippen LogP contribution is -2.39. The van der Waals surface area contributed by atoms with Gasteiger partial charge in [0, 0.05) is 18.4 Å². The van der Waals surface area contributed by atoms with Gasteiger partial charge in [-0.1, -0.05) is 4.49 Å². The molecular weight excluding hydrogens is 330 g/mol. The Morgan fingerprint density at radius 1 is 1.21 bits per heavy atom. The van der Waals surface area contributed by atoms with E-state index < -0.39 is 0 Å². The van der Waals surface area contributed by atoms with Crippen LogP contribution in [0.25, 0.3) is 0 Å². The maximum atomic E-state index is 12.2. The number of hydrogen-bond acceptors (Lipinski definition) is 8. The first-order valence-electron chi connectivity index (χ1n) is 7.79. The van der Waals surface area contributed by atoms with Gasteiger partial charge in [0.15, 0.2) is 0 Å². The molecule has 128 valence electrons. The molecule has 0 aromatic carbocycles. The number of carbonyl (C=O) groups is 1. The summed E-state index contributed by atoms with van der Waals surface area (Å²) in [6.45, 7) is 1.79. The Morgan fingerprint density at radius 2 is 1.92 bits per heavy atom. The fraction of sp³-hybridized carbons (Fsp3) is 0.533. The van der Waals surface area contributed by atoms with Gasteiger partial charge in [-0.2, -0.15) is 0 Å². The molecule has 0 radical (unpaired) electrons. The molecule has 0 aliphatic heterocycles. The molecule has 8 nitrogen and oxygen atoms in total. The van der Waals surface area contributed by atoms with Crippen LogP contribution in [0.15, 0.2) is 12.4 Å². The summed E-state index contributed by atoms with van der Waals surface area (Å²) in [5.41, 5.74) is 0.671. The minimum absolute atomic E-state index is 0.0514. The van der Waals surface area contributed by atoms with Crippen molar-refractivity contribution in [2.45, 2.75) is 44.8 Å². The normalized spacial score (nSPS) is 20.4. The van der Waals surface area contributed by atoms with Gasteiger partial charge in [-0.05, 0) is 44.1 Å². The summed E-state index contributed by atoms with van der Waals surface area (Å²) in [6.07, 6.45) is 6.57. The molecule has 0 bridgehead atoms.